The van der Waals surface area contributed by atoms with E-state index in [1.807, 2.05) is 42.1 Å². The van der Waals surface area contributed by atoms with Crippen LogP contribution in [0.4, 0.5) is 11.4 Å². The van der Waals surface area contributed by atoms with E-state index in [1.54, 1.807) is 6.92 Å². The molecule has 1 saturated heterocycles. The van der Waals surface area contributed by atoms with Crippen LogP contribution in [-0.4, -0.2) is 62.6 Å². The summed E-state index contributed by atoms with van der Waals surface area (Å²) in [6.45, 7) is 9.94. The molecule has 2 amide bonds. The maximum atomic E-state index is 13.2. The number of ether oxygens (including phenoxy) is 2. The van der Waals surface area contributed by atoms with Crippen LogP contribution in [0.1, 0.15) is 65.4 Å². The molecule has 1 heterocycles. The van der Waals surface area contributed by atoms with Gasteiger partial charge in [-0.15, -0.1) is 0 Å². The molecular formula is C26H41N3O5. The van der Waals surface area contributed by atoms with Crippen molar-refractivity contribution in [1.82, 2.24) is 4.90 Å². The van der Waals surface area contributed by atoms with Crippen molar-refractivity contribution in [1.29, 1.82) is 0 Å². The second-order valence-electron chi connectivity index (χ2n) is 10.2. The molecule has 0 bridgehead atoms. The molecule has 190 valence electrons. The van der Waals surface area contributed by atoms with Crippen molar-refractivity contribution < 1.29 is 23.9 Å². The Balaban J connectivity index is 2.19. The van der Waals surface area contributed by atoms with Gasteiger partial charge in [0.1, 0.15) is 0 Å². The minimum absolute atomic E-state index is 0.0405. The largest absolute Gasteiger partial charge is 0.466 e. The van der Waals surface area contributed by atoms with Gasteiger partial charge >= 0.3 is 5.97 Å². The number of carbonyl (C=O) groups excluding carboxylic acids is 3. The summed E-state index contributed by atoms with van der Waals surface area (Å²) in [7, 11) is 3.91. The van der Waals surface area contributed by atoms with E-state index in [-0.39, 0.29) is 42.1 Å². The van der Waals surface area contributed by atoms with E-state index in [1.165, 1.54) is 0 Å². The molecule has 2 rings (SSSR count). The lowest BCUT2D eigenvalue weighted by molar-refractivity contribution is -0.144. The average molecular weight is 476 g/mol. The molecule has 0 spiro atoms. The summed E-state index contributed by atoms with van der Waals surface area (Å²) >= 11 is 0. The molecule has 0 saturated carbocycles. The third-order valence-corrected chi connectivity index (χ3v) is 5.55. The van der Waals surface area contributed by atoms with Crippen LogP contribution in [0.3, 0.4) is 0 Å². The summed E-state index contributed by atoms with van der Waals surface area (Å²) in [6.07, 6.45) is 2.56. The number of amides is 2. The third-order valence-electron chi connectivity index (χ3n) is 5.55. The van der Waals surface area contributed by atoms with Gasteiger partial charge < -0.3 is 24.6 Å². The van der Waals surface area contributed by atoms with Gasteiger partial charge in [-0.05, 0) is 48.9 Å². The zero-order valence-corrected chi connectivity index (χ0v) is 21.6. The molecule has 1 fully saturated rings. The van der Waals surface area contributed by atoms with Gasteiger partial charge in [0.25, 0.3) is 0 Å². The SMILES string of the molecule is CCOC(=O)CCC(=O)Nc1ccc(N(C)C)c(CN(CC2CCCO2)C(=O)CC(C)(C)C)c1. The number of benzene rings is 1. The monoisotopic (exact) mass is 475 g/mol. The van der Waals surface area contributed by atoms with Crippen molar-refractivity contribution in [2.24, 2.45) is 5.41 Å². The molecule has 1 aromatic rings. The molecule has 1 atom stereocenters. The quantitative estimate of drug-likeness (QED) is 0.487. The Hall–Kier alpha value is -2.61. The fraction of sp³-hybridized carbons (Fsp3) is 0.654. The maximum Gasteiger partial charge on any atom is 0.306 e. The molecule has 1 N–H and O–H groups in total. The molecule has 1 aliphatic heterocycles. The number of carbonyl (C=O) groups is 3. The number of nitrogens with zero attached hydrogens (tertiary/aromatic N) is 2. The van der Waals surface area contributed by atoms with E-state index in [2.05, 4.69) is 26.1 Å². The van der Waals surface area contributed by atoms with Crippen molar-refractivity contribution in [3.8, 4) is 0 Å². The van der Waals surface area contributed by atoms with Crippen LogP contribution in [0.25, 0.3) is 0 Å². The number of nitrogens with one attached hydrogen (secondary N) is 1. The first-order chi connectivity index (χ1) is 16.0. The minimum atomic E-state index is -0.386. The molecule has 8 heteroatoms. The summed E-state index contributed by atoms with van der Waals surface area (Å²) in [5.41, 5.74) is 2.43. The third kappa shape index (κ3) is 9.33. The standard InChI is InChI=1S/C26H41N3O5/c1-7-33-25(32)13-12-23(30)27-20-10-11-22(28(5)6)19(15-20)17-29(18-21-9-8-14-34-21)24(31)16-26(2,3)4/h10-11,15,21H,7-9,12-14,16-18H2,1-6H3,(H,27,30). The van der Waals surface area contributed by atoms with Gasteiger partial charge in [0.15, 0.2) is 0 Å². The summed E-state index contributed by atoms with van der Waals surface area (Å²) in [5, 5.41) is 2.87. The molecule has 0 radical (unpaired) electrons. The highest BCUT2D eigenvalue weighted by Gasteiger charge is 2.26. The first-order valence-electron chi connectivity index (χ1n) is 12.1. The predicted molar refractivity (Wildman–Crippen MR) is 134 cm³/mol. The first-order valence-corrected chi connectivity index (χ1v) is 12.1. The van der Waals surface area contributed by atoms with Gasteiger partial charge in [-0.3, -0.25) is 14.4 Å². The van der Waals surface area contributed by atoms with Crippen molar-refractivity contribution in [3.05, 3.63) is 23.8 Å². The molecule has 1 aromatic carbocycles. The number of hydrogen-bond acceptors (Lipinski definition) is 6. The van der Waals surface area contributed by atoms with Crippen molar-refractivity contribution in [2.45, 2.75) is 72.4 Å². The van der Waals surface area contributed by atoms with Crippen LogP contribution in [0, 0.1) is 5.41 Å². The number of anilines is 2. The Labute approximate surface area is 204 Å². The topological polar surface area (TPSA) is 88.2 Å². The van der Waals surface area contributed by atoms with E-state index in [4.69, 9.17) is 9.47 Å². The van der Waals surface area contributed by atoms with E-state index in [9.17, 15) is 14.4 Å². The lowest BCUT2D eigenvalue weighted by Crippen LogP contribution is -2.38. The van der Waals surface area contributed by atoms with Gasteiger partial charge in [0.05, 0.1) is 19.1 Å². The van der Waals surface area contributed by atoms with Crippen LogP contribution < -0.4 is 10.2 Å². The van der Waals surface area contributed by atoms with Gasteiger partial charge in [0, 0.05) is 58.0 Å². The van der Waals surface area contributed by atoms with Crippen molar-refractivity contribution >= 4 is 29.2 Å². The Morgan fingerprint density at radius 1 is 1.18 bits per heavy atom. The van der Waals surface area contributed by atoms with Crippen molar-refractivity contribution in [3.63, 3.8) is 0 Å². The molecular weight excluding hydrogens is 434 g/mol. The van der Waals surface area contributed by atoms with Crippen LogP contribution in [0.2, 0.25) is 0 Å². The number of rotatable bonds is 11. The van der Waals surface area contributed by atoms with Gasteiger partial charge in [-0.1, -0.05) is 20.8 Å². The zero-order chi connectivity index (χ0) is 25.3. The molecule has 8 nitrogen and oxygen atoms in total. The smallest absolute Gasteiger partial charge is 0.306 e. The molecule has 0 aliphatic carbocycles. The fourth-order valence-corrected chi connectivity index (χ4v) is 3.96. The average Bonchev–Trinajstić information content (AvgIpc) is 3.24. The molecule has 1 aliphatic rings. The fourth-order valence-electron chi connectivity index (χ4n) is 3.96. The maximum absolute atomic E-state index is 13.2. The Morgan fingerprint density at radius 3 is 2.50 bits per heavy atom. The predicted octanol–water partition coefficient (Wildman–Crippen LogP) is 3.98. The lowest BCUT2D eigenvalue weighted by atomic mass is 9.91. The van der Waals surface area contributed by atoms with Crippen LogP contribution in [0.15, 0.2) is 18.2 Å². The Morgan fingerprint density at radius 2 is 1.91 bits per heavy atom. The molecule has 0 aromatic heterocycles. The van der Waals surface area contributed by atoms with E-state index in [0.29, 0.717) is 31.8 Å². The van der Waals surface area contributed by atoms with E-state index < -0.39 is 0 Å². The Bertz CT molecular complexity index is 841. The highest BCUT2D eigenvalue weighted by atomic mass is 16.5. The van der Waals surface area contributed by atoms with Gasteiger partial charge in [0.2, 0.25) is 11.8 Å². The van der Waals surface area contributed by atoms with Crippen LogP contribution in [-0.2, 0) is 30.4 Å². The second-order valence-corrected chi connectivity index (χ2v) is 10.2. The highest BCUT2D eigenvalue weighted by Crippen LogP contribution is 2.27. The van der Waals surface area contributed by atoms with Crippen molar-refractivity contribution in [2.75, 3.05) is 44.1 Å². The first kappa shape index (κ1) is 27.6. The van der Waals surface area contributed by atoms with Crippen LogP contribution in [0.5, 0.6) is 0 Å². The summed E-state index contributed by atoms with van der Waals surface area (Å²) in [6, 6.07) is 5.68. The second kappa shape index (κ2) is 12.7. The van der Waals surface area contributed by atoms with E-state index in [0.717, 1.165) is 30.7 Å². The summed E-state index contributed by atoms with van der Waals surface area (Å²) < 4.78 is 10.7. The summed E-state index contributed by atoms with van der Waals surface area (Å²) in [4.78, 5) is 41.0. The zero-order valence-electron chi connectivity index (χ0n) is 21.6. The number of hydrogen-bond donors (Lipinski definition) is 1. The number of esters is 1. The lowest BCUT2D eigenvalue weighted by Gasteiger charge is -2.30. The van der Waals surface area contributed by atoms with E-state index >= 15 is 0 Å². The summed E-state index contributed by atoms with van der Waals surface area (Å²) in [5.74, 6) is -0.545. The highest BCUT2D eigenvalue weighted by molar-refractivity contribution is 5.93. The Kier molecular flexibility index (Phi) is 10.4. The molecule has 34 heavy (non-hydrogen) atoms. The minimum Gasteiger partial charge on any atom is -0.466 e. The van der Waals surface area contributed by atoms with Gasteiger partial charge in [-0.25, -0.2) is 0 Å². The van der Waals surface area contributed by atoms with Crippen LogP contribution >= 0.6 is 0 Å². The molecule has 1 unspecified atom stereocenters. The van der Waals surface area contributed by atoms with Gasteiger partial charge in [-0.2, -0.15) is 0 Å². The normalized spacial score (nSPS) is 15.6.